The Labute approximate surface area is 78.2 Å². The zero-order valence-electron chi connectivity index (χ0n) is 7.70. The summed E-state index contributed by atoms with van der Waals surface area (Å²) in [5.74, 6) is 0.771. The molecule has 1 aromatic rings. The minimum absolute atomic E-state index is 0.697. The van der Waals surface area contributed by atoms with E-state index in [4.69, 9.17) is 0 Å². The molecule has 68 valence electrons. The van der Waals surface area contributed by atoms with E-state index in [9.17, 15) is 0 Å². The third-order valence-electron chi connectivity index (χ3n) is 1.47. The molecule has 1 heterocycles. The molecular weight excluding hydrogens is 162 g/mol. The summed E-state index contributed by atoms with van der Waals surface area (Å²) in [5, 5.41) is 10.7. The van der Waals surface area contributed by atoms with Crippen molar-refractivity contribution < 1.29 is 0 Å². The first-order valence-corrected chi connectivity index (χ1v) is 4.15. The fraction of sp³-hybridized carbons (Fsp3) is 0.200. The smallest absolute Gasteiger partial charge is 0.148 e. The van der Waals surface area contributed by atoms with Crippen molar-refractivity contribution in [2.45, 2.75) is 6.92 Å². The van der Waals surface area contributed by atoms with Crippen molar-refractivity contribution in [3.8, 4) is 0 Å². The number of hydrogen-bond acceptors (Lipinski definition) is 3. The van der Waals surface area contributed by atoms with E-state index in [2.05, 4.69) is 22.1 Å². The molecule has 13 heavy (non-hydrogen) atoms. The van der Waals surface area contributed by atoms with Gasteiger partial charge in [-0.3, -0.25) is 0 Å². The van der Waals surface area contributed by atoms with Crippen molar-refractivity contribution in [3.63, 3.8) is 0 Å². The molecule has 0 aromatic carbocycles. The molecule has 3 heteroatoms. The van der Waals surface area contributed by atoms with Crippen LogP contribution in [0.5, 0.6) is 0 Å². The van der Waals surface area contributed by atoms with Crippen LogP contribution in [0, 0.1) is 0 Å². The van der Waals surface area contributed by atoms with E-state index in [1.165, 1.54) is 0 Å². The molecule has 0 bridgehead atoms. The molecule has 0 spiro atoms. The van der Waals surface area contributed by atoms with Crippen molar-refractivity contribution in [2.24, 2.45) is 0 Å². The SMILES string of the molecule is C=C(/C=C\C)CNc1cccnn1. The van der Waals surface area contributed by atoms with Crippen LogP contribution >= 0.6 is 0 Å². The quantitative estimate of drug-likeness (QED) is 0.711. The first kappa shape index (κ1) is 9.45. The molecule has 0 amide bonds. The van der Waals surface area contributed by atoms with Crippen LogP contribution in [0.2, 0.25) is 0 Å². The molecule has 1 rings (SSSR count). The van der Waals surface area contributed by atoms with Crippen molar-refractivity contribution in [1.29, 1.82) is 0 Å². The topological polar surface area (TPSA) is 37.8 Å². The van der Waals surface area contributed by atoms with Crippen molar-refractivity contribution in [3.05, 3.63) is 42.6 Å². The fourth-order valence-electron chi connectivity index (χ4n) is 0.895. The first-order chi connectivity index (χ1) is 6.33. The maximum absolute atomic E-state index is 3.88. The lowest BCUT2D eigenvalue weighted by Gasteiger charge is -2.03. The second-order valence-electron chi connectivity index (χ2n) is 2.62. The van der Waals surface area contributed by atoms with Crippen LogP contribution in [0.3, 0.4) is 0 Å². The highest BCUT2D eigenvalue weighted by Crippen LogP contribution is 2.00. The van der Waals surface area contributed by atoms with E-state index >= 15 is 0 Å². The van der Waals surface area contributed by atoms with Crippen LogP contribution < -0.4 is 5.32 Å². The average molecular weight is 175 g/mol. The highest BCUT2D eigenvalue weighted by Gasteiger charge is 1.91. The molecule has 0 aliphatic carbocycles. The summed E-state index contributed by atoms with van der Waals surface area (Å²) in [6, 6.07) is 3.71. The number of aromatic nitrogens is 2. The predicted molar refractivity (Wildman–Crippen MR) is 54.5 cm³/mol. The van der Waals surface area contributed by atoms with Gasteiger partial charge < -0.3 is 5.32 Å². The standard InChI is InChI=1S/C10H13N3/c1-3-5-9(2)8-11-10-6-4-7-12-13-10/h3-7H,2,8H2,1H3,(H,11,13)/b5-3-. The summed E-state index contributed by atoms with van der Waals surface area (Å²) in [7, 11) is 0. The van der Waals surface area contributed by atoms with Gasteiger partial charge in [0.1, 0.15) is 5.82 Å². The van der Waals surface area contributed by atoms with Gasteiger partial charge in [0.25, 0.3) is 0 Å². The monoisotopic (exact) mass is 175 g/mol. The number of rotatable bonds is 4. The summed E-state index contributed by atoms with van der Waals surface area (Å²) in [5.41, 5.74) is 1.02. The lowest BCUT2D eigenvalue weighted by atomic mass is 10.3. The van der Waals surface area contributed by atoms with Crippen LogP contribution in [0.4, 0.5) is 5.82 Å². The zero-order valence-corrected chi connectivity index (χ0v) is 7.70. The minimum atomic E-state index is 0.697. The Bertz CT molecular complexity index is 290. The van der Waals surface area contributed by atoms with E-state index in [-0.39, 0.29) is 0 Å². The Kier molecular flexibility index (Phi) is 3.70. The first-order valence-electron chi connectivity index (χ1n) is 4.15. The predicted octanol–water partition coefficient (Wildman–Crippen LogP) is 2.02. The van der Waals surface area contributed by atoms with Crippen LogP contribution in [-0.4, -0.2) is 16.7 Å². The van der Waals surface area contributed by atoms with Crippen LogP contribution in [-0.2, 0) is 0 Å². The van der Waals surface area contributed by atoms with E-state index < -0.39 is 0 Å². The van der Waals surface area contributed by atoms with E-state index in [0.717, 1.165) is 11.4 Å². The summed E-state index contributed by atoms with van der Waals surface area (Å²) in [6.07, 6.45) is 5.57. The van der Waals surface area contributed by atoms with Gasteiger partial charge in [-0.05, 0) is 24.6 Å². The van der Waals surface area contributed by atoms with E-state index in [1.807, 2.05) is 31.2 Å². The normalized spacial score (nSPS) is 10.2. The number of nitrogens with one attached hydrogen (secondary N) is 1. The number of anilines is 1. The number of hydrogen-bond donors (Lipinski definition) is 1. The molecular formula is C10H13N3. The summed E-state index contributed by atoms with van der Waals surface area (Å²) in [6.45, 7) is 6.53. The van der Waals surface area contributed by atoms with E-state index in [0.29, 0.717) is 6.54 Å². The Balaban J connectivity index is 2.40. The maximum atomic E-state index is 3.88. The highest BCUT2D eigenvalue weighted by atomic mass is 15.2. The summed E-state index contributed by atoms with van der Waals surface area (Å²) in [4.78, 5) is 0. The summed E-state index contributed by atoms with van der Waals surface area (Å²) >= 11 is 0. The molecule has 0 radical (unpaired) electrons. The zero-order chi connectivity index (χ0) is 9.52. The molecule has 1 N–H and O–H groups in total. The average Bonchev–Trinajstić information content (AvgIpc) is 2.17. The van der Waals surface area contributed by atoms with Gasteiger partial charge in [-0.2, -0.15) is 5.10 Å². The number of allylic oxidation sites excluding steroid dienone is 1. The van der Waals surface area contributed by atoms with Gasteiger partial charge in [0, 0.05) is 12.7 Å². The summed E-state index contributed by atoms with van der Waals surface area (Å²) < 4.78 is 0. The fourth-order valence-corrected chi connectivity index (χ4v) is 0.895. The molecule has 0 unspecified atom stereocenters. The number of nitrogens with zero attached hydrogens (tertiary/aromatic N) is 2. The molecule has 0 saturated carbocycles. The lowest BCUT2D eigenvalue weighted by Crippen LogP contribution is -2.04. The van der Waals surface area contributed by atoms with Gasteiger partial charge in [-0.15, -0.1) is 5.10 Å². The highest BCUT2D eigenvalue weighted by molar-refractivity contribution is 5.35. The van der Waals surface area contributed by atoms with Crippen molar-refractivity contribution >= 4 is 5.82 Å². The van der Waals surface area contributed by atoms with Crippen LogP contribution in [0.25, 0.3) is 0 Å². The van der Waals surface area contributed by atoms with Crippen LogP contribution in [0.15, 0.2) is 42.6 Å². The molecule has 0 fully saturated rings. The third-order valence-corrected chi connectivity index (χ3v) is 1.47. The molecule has 0 aliphatic heterocycles. The van der Waals surface area contributed by atoms with Gasteiger partial charge in [-0.1, -0.05) is 18.7 Å². The van der Waals surface area contributed by atoms with Crippen molar-refractivity contribution in [2.75, 3.05) is 11.9 Å². The maximum Gasteiger partial charge on any atom is 0.148 e. The minimum Gasteiger partial charge on any atom is -0.365 e. The third kappa shape index (κ3) is 3.51. The van der Waals surface area contributed by atoms with Gasteiger partial charge in [-0.25, -0.2) is 0 Å². The van der Waals surface area contributed by atoms with E-state index in [1.54, 1.807) is 6.20 Å². The molecule has 0 aliphatic rings. The second kappa shape index (κ2) is 5.09. The second-order valence-corrected chi connectivity index (χ2v) is 2.62. The lowest BCUT2D eigenvalue weighted by molar-refractivity contribution is 1.02. The Morgan fingerprint density at radius 3 is 3.15 bits per heavy atom. The van der Waals surface area contributed by atoms with Gasteiger partial charge >= 0.3 is 0 Å². The molecule has 3 nitrogen and oxygen atoms in total. The Morgan fingerprint density at radius 1 is 1.69 bits per heavy atom. The van der Waals surface area contributed by atoms with Gasteiger partial charge in [0.15, 0.2) is 0 Å². The van der Waals surface area contributed by atoms with Crippen molar-refractivity contribution in [1.82, 2.24) is 10.2 Å². The van der Waals surface area contributed by atoms with Gasteiger partial charge in [0.2, 0.25) is 0 Å². The molecule has 0 atom stereocenters. The Morgan fingerprint density at radius 2 is 2.54 bits per heavy atom. The molecule has 0 saturated heterocycles. The Hall–Kier alpha value is -1.64. The largest absolute Gasteiger partial charge is 0.365 e. The molecule has 1 aromatic heterocycles. The van der Waals surface area contributed by atoms with Gasteiger partial charge in [0.05, 0.1) is 0 Å². The van der Waals surface area contributed by atoms with Crippen LogP contribution in [0.1, 0.15) is 6.92 Å².